The lowest BCUT2D eigenvalue weighted by molar-refractivity contribution is -0.145. The van der Waals surface area contributed by atoms with Gasteiger partial charge in [0.25, 0.3) is 5.91 Å². The minimum Gasteiger partial charge on any atom is -0.387 e. The SMILES string of the molecule is CNC(=O)C(=O)[C@H](CC1CC1)NC(=O)[C@@H]1C[C@]2(CC(c3cccc(Cl)c3)=NO2)CN1C(=O)[C@@H](NC(=O)[C@H]1CC12CCCCC2)C(C)(C)C. The summed E-state index contributed by atoms with van der Waals surface area (Å²) in [5, 5.41) is 13.2. The van der Waals surface area contributed by atoms with E-state index in [1.807, 2.05) is 32.9 Å². The summed E-state index contributed by atoms with van der Waals surface area (Å²) >= 11 is 6.25. The molecule has 2 spiro atoms. The summed E-state index contributed by atoms with van der Waals surface area (Å²) in [6.45, 7) is 5.77. The van der Waals surface area contributed by atoms with Crippen molar-refractivity contribution in [2.75, 3.05) is 13.6 Å². The Morgan fingerprint density at radius 3 is 2.42 bits per heavy atom. The number of carbonyl (C=O) groups is 5. The molecule has 4 fully saturated rings. The van der Waals surface area contributed by atoms with Gasteiger partial charge in [-0.15, -0.1) is 0 Å². The van der Waals surface area contributed by atoms with Crippen LogP contribution in [0.1, 0.15) is 97.0 Å². The van der Waals surface area contributed by atoms with Gasteiger partial charge in [-0.25, -0.2) is 0 Å². The van der Waals surface area contributed by atoms with E-state index in [1.165, 1.54) is 18.4 Å². The number of amides is 4. The number of hydrogen-bond donors (Lipinski definition) is 3. The molecule has 2 heterocycles. The quantitative estimate of drug-likeness (QED) is 0.320. The van der Waals surface area contributed by atoms with Gasteiger partial charge in [-0.2, -0.15) is 0 Å². The Hall–Kier alpha value is -3.47. The van der Waals surface area contributed by atoms with Gasteiger partial charge in [0.15, 0.2) is 5.60 Å². The fourth-order valence-corrected chi connectivity index (χ4v) is 8.19. The van der Waals surface area contributed by atoms with Crippen molar-refractivity contribution in [1.29, 1.82) is 0 Å². The molecule has 6 rings (SSSR count). The maximum atomic E-state index is 14.6. The minimum atomic E-state index is -1.02. The second kappa shape index (κ2) is 13.1. The Morgan fingerprint density at radius 1 is 1.04 bits per heavy atom. The molecule has 3 saturated carbocycles. The van der Waals surface area contributed by atoms with Gasteiger partial charge < -0.3 is 25.7 Å². The third-order valence-electron chi connectivity index (χ3n) is 11.1. The maximum absolute atomic E-state index is 14.6. The lowest BCUT2D eigenvalue weighted by Gasteiger charge is -2.36. The predicted molar refractivity (Wildman–Crippen MR) is 180 cm³/mol. The summed E-state index contributed by atoms with van der Waals surface area (Å²) in [7, 11) is 1.38. The van der Waals surface area contributed by atoms with E-state index < -0.39 is 46.7 Å². The highest BCUT2D eigenvalue weighted by molar-refractivity contribution is 6.38. The van der Waals surface area contributed by atoms with E-state index in [2.05, 4.69) is 21.1 Å². The number of hydrogen-bond acceptors (Lipinski definition) is 7. The first-order valence-corrected chi connectivity index (χ1v) is 17.8. The number of nitrogens with zero attached hydrogens (tertiary/aromatic N) is 2. The third-order valence-corrected chi connectivity index (χ3v) is 11.3. The second-order valence-electron chi connectivity index (χ2n) is 15.9. The molecular formula is C36H48ClN5O6. The van der Waals surface area contributed by atoms with Crippen molar-refractivity contribution in [3.63, 3.8) is 0 Å². The van der Waals surface area contributed by atoms with Crippen molar-refractivity contribution >= 4 is 46.7 Å². The van der Waals surface area contributed by atoms with Crippen LogP contribution in [0, 0.1) is 22.7 Å². The second-order valence-corrected chi connectivity index (χ2v) is 16.3. The standard InChI is InChI=1S/C36H48ClN5O6/c1-34(2,3)29(40-30(44)24-17-35(24)13-6-5-7-14-35)33(47)42-20-36(18-26(41-48-36)22-9-8-10-23(37)16-22)19-27(42)31(45)39-25(15-21-11-12-21)28(43)32(46)38-4/h8-10,16,21,24-25,27,29H,5-7,11-15,17-20H2,1-4H3,(H,38,46)(H,39,45)(H,40,44)/t24-,25+,27+,29-,36-/m1/s1. The highest BCUT2D eigenvalue weighted by Gasteiger charge is 2.59. The number of ketones is 1. The zero-order chi connectivity index (χ0) is 34.4. The molecule has 2 aliphatic heterocycles. The van der Waals surface area contributed by atoms with E-state index in [4.69, 9.17) is 16.4 Å². The molecule has 1 saturated heterocycles. The van der Waals surface area contributed by atoms with Crippen LogP contribution in [-0.4, -0.2) is 77.3 Å². The zero-order valence-corrected chi connectivity index (χ0v) is 29.2. The largest absolute Gasteiger partial charge is 0.387 e. The van der Waals surface area contributed by atoms with Gasteiger partial charge in [-0.1, -0.05) is 81.8 Å². The van der Waals surface area contributed by atoms with Gasteiger partial charge in [0, 0.05) is 36.4 Å². The van der Waals surface area contributed by atoms with Gasteiger partial charge >= 0.3 is 0 Å². The Bertz CT molecular complexity index is 1510. The Kier molecular flexibility index (Phi) is 9.39. The first kappa shape index (κ1) is 34.4. The number of rotatable bonds is 10. The van der Waals surface area contributed by atoms with Gasteiger partial charge in [0.2, 0.25) is 23.5 Å². The maximum Gasteiger partial charge on any atom is 0.289 e. The fraction of sp³-hybridized carbons (Fsp3) is 0.667. The van der Waals surface area contributed by atoms with E-state index in [9.17, 15) is 24.0 Å². The lowest BCUT2D eigenvalue weighted by Crippen LogP contribution is -2.59. The molecule has 0 aromatic heterocycles. The first-order chi connectivity index (χ1) is 22.7. The summed E-state index contributed by atoms with van der Waals surface area (Å²) in [5.74, 6) is -2.38. The van der Waals surface area contributed by atoms with Crippen LogP contribution in [0.3, 0.4) is 0 Å². The van der Waals surface area contributed by atoms with Crippen molar-refractivity contribution in [3.05, 3.63) is 34.9 Å². The number of likely N-dealkylation sites (tertiary alicyclic amines) is 1. The van der Waals surface area contributed by atoms with E-state index in [1.54, 1.807) is 12.1 Å². The molecule has 5 aliphatic rings. The number of likely N-dealkylation sites (N-methyl/N-ethyl adjacent to an activating group) is 1. The summed E-state index contributed by atoms with van der Waals surface area (Å²) < 4.78 is 0. The first-order valence-electron chi connectivity index (χ1n) is 17.4. The smallest absolute Gasteiger partial charge is 0.289 e. The third kappa shape index (κ3) is 7.12. The molecule has 3 aliphatic carbocycles. The molecule has 260 valence electrons. The van der Waals surface area contributed by atoms with Crippen molar-refractivity contribution in [2.45, 2.75) is 115 Å². The van der Waals surface area contributed by atoms with Gasteiger partial charge in [0.1, 0.15) is 12.1 Å². The van der Waals surface area contributed by atoms with Gasteiger partial charge in [-0.3, -0.25) is 24.0 Å². The summed E-state index contributed by atoms with van der Waals surface area (Å²) in [6, 6.07) is 4.33. The molecule has 12 heteroatoms. The monoisotopic (exact) mass is 681 g/mol. The highest BCUT2D eigenvalue weighted by atomic mass is 35.5. The minimum absolute atomic E-state index is 0.0492. The summed E-state index contributed by atoms with van der Waals surface area (Å²) in [6.07, 6.45) is 9.04. The fourth-order valence-electron chi connectivity index (χ4n) is 8.00. The zero-order valence-electron chi connectivity index (χ0n) is 28.4. The molecular weight excluding hydrogens is 634 g/mol. The van der Waals surface area contributed by atoms with Crippen LogP contribution < -0.4 is 16.0 Å². The number of nitrogens with one attached hydrogen (secondary N) is 3. The number of benzene rings is 1. The molecule has 4 amide bonds. The molecule has 5 atom stereocenters. The normalized spacial score (nSPS) is 27.1. The van der Waals surface area contributed by atoms with Crippen LogP contribution in [0.25, 0.3) is 0 Å². The van der Waals surface area contributed by atoms with Gasteiger partial charge in [0.05, 0.1) is 18.3 Å². The Balaban J connectivity index is 1.25. The molecule has 0 radical (unpaired) electrons. The molecule has 1 aromatic carbocycles. The molecule has 1 aromatic rings. The average molecular weight is 682 g/mol. The summed E-state index contributed by atoms with van der Waals surface area (Å²) in [5.41, 5.74) is -0.179. The highest BCUT2D eigenvalue weighted by Crippen LogP contribution is 2.61. The van der Waals surface area contributed by atoms with Crippen molar-refractivity contribution in [2.24, 2.45) is 27.8 Å². The average Bonchev–Trinajstić information content (AvgIpc) is 3.92. The number of carbonyl (C=O) groups excluding carboxylic acids is 5. The Labute approximate surface area is 287 Å². The topological polar surface area (TPSA) is 146 Å². The Morgan fingerprint density at radius 2 is 1.77 bits per heavy atom. The molecule has 0 unspecified atom stereocenters. The van der Waals surface area contributed by atoms with Crippen LogP contribution in [-0.2, 0) is 28.8 Å². The van der Waals surface area contributed by atoms with Crippen LogP contribution in [0.2, 0.25) is 5.02 Å². The van der Waals surface area contributed by atoms with Crippen LogP contribution in [0.4, 0.5) is 0 Å². The summed E-state index contributed by atoms with van der Waals surface area (Å²) in [4.78, 5) is 75.4. The van der Waals surface area contributed by atoms with Crippen molar-refractivity contribution < 1.29 is 28.8 Å². The van der Waals surface area contributed by atoms with E-state index in [0.717, 1.165) is 50.5 Å². The predicted octanol–water partition coefficient (Wildman–Crippen LogP) is 3.91. The van der Waals surface area contributed by atoms with E-state index in [0.29, 0.717) is 23.6 Å². The van der Waals surface area contributed by atoms with E-state index >= 15 is 0 Å². The lowest BCUT2D eigenvalue weighted by atomic mass is 9.83. The number of halogens is 1. The van der Waals surface area contributed by atoms with Crippen molar-refractivity contribution in [3.8, 4) is 0 Å². The molecule has 48 heavy (non-hydrogen) atoms. The van der Waals surface area contributed by atoms with Crippen LogP contribution in [0.15, 0.2) is 29.4 Å². The van der Waals surface area contributed by atoms with Crippen LogP contribution in [0.5, 0.6) is 0 Å². The number of oxime groups is 1. The van der Waals surface area contributed by atoms with Crippen LogP contribution >= 0.6 is 11.6 Å². The molecule has 3 N–H and O–H groups in total. The molecule has 0 bridgehead atoms. The van der Waals surface area contributed by atoms with E-state index in [-0.39, 0.29) is 42.0 Å². The van der Waals surface area contributed by atoms with Crippen molar-refractivity contribution in [1.82, 2.24) is 20.9 Å². The molecule has 11 nitrogen and oxygen atoms in total. The number of Topliss-reactive ketones (excluding diaryl/α,β-unsaturated/α-hetero) is 1. The van der Waals surface area contributed by atoms with Gasteiger partial charge in [-0.05, 0) is 54.6 Å².